The molecule has 0 spiro atoms. The van der Waals surface area contributed by atoms with Crippen molar-refractivity contribution in [1.29, 1.82) is 5.41 Å². The molecule has 12 heavy (non-hydrogen) atoms. The highest BCUT2D eigenvalue weighted by Crippen LogP contribution is 2.06. The molecule has 3 nitrogen and oxygen atoms in total. The van der Waals surface area contributed by atoms with Gasteiger partial charge in [0.2, 0.25) is 0 Å². The van der Waals surface area contributed by atoms with Crippen LogP contribution in [0.15, 0.2) is 29.3 Å². The van der Waals surface area contributed by atoms with E-state index in [2.05, 4.69) is 10.3 Å². The van der Waals surface area contributed by atoms with Crippen LogP contribution >= 0.6 is 0 Å². The molecule has 1 aromatic carbocycles. The van der Waals surface area contributed by atoms with E-state index in [0.717, 1.165) is 12.0 Å². The Morgan fingerprint density at radius 2 is 2.00 bits per heavy atom. The molecule has 0 saturated heterocycles. The summed E-state index contributed by atoms with van der Waals surface area (Å²) < 4.78 is 0. The molecule has 0 bridgehead atoms. The Kier molecular flexibility index (Phi) is 3.02. The van der Waals surface area contributed by atoms with E-state index in [-0.39, 0.29) is 0 Å². The molecule has 0 heterocycles. The van der Waals surface area contributed by atoms with Crippen LogP contribution in [0, 0.1) is 12.3 Å². The predicted molar refractivity (Wildman–Crippen MR) is 52.1 cm³/mol. The van der Waals surface area contributed by atoms with Gasteiger partial charge in [-0.3, -0.25) is 5.41 Å². The number of nitrogens with zero attached hydrogens (tertiary/aromatic N) is 1. The van der Waals surface area contributed by atoms with Crippen LogP contribution in [-0.4, -0.2) is 12.7 Å². The van der Waals surface area contributed by atoms with Gasteiger partial charge < -0.3 is 5.32 Å². The van der Waals surface area contributed by atoms with Gasteiger partial charge in [0.05, 0.1) is 6.34 Å². The smallest absolute Gasteiger partial charge is 0.108 e. The van der Waals surface area contributed by atoms with Gasteiger partial charge in [0.15, 0.2) is 0 Å². The molecule has 0 aliphatic heterocycles. The third-order valence-corrected chi connectivity index (χ3v) is 1.43. The fourth-order valence-corrected chi connectivity index (χ4v) is 0.799. The van der Waals surface area contributed by atoms with Gasteiger partial charge in [-0.1, -0.05) is 17.7 Å². The number of hydrogen-bond acceptors (Lipinski definition) is 1. The maximum atomic E-state index is 6.64. The summed E-state index contributed by atoms with van der Waals surface area (Å²) in [5, 5.41) is 9.57. The van der Waals surface area contributed by atoms with Crippen molar-refractivity contribution in [2.45, 2.75) is 6.92 Å². The number of benzene rings is 1. The van der Waals surface area contributed by atoms with E-state index < -0.39 is 0 Å². The summed E-state index contributed by atoms with van der Waals surface area (Å²) >= 11 is 0. The van der Waals surface area contributed by atoms with Gasteiger partial charge in [-0.25, -0.2) is 4.99 Å². The fourth-order valence-electron chi connectivity index (χ4n) is 0.799. The Morgan fingerprint density at radius 1 is 1.33 bits per heavy atom. The Labute approximate surface area is 71.7 Å². The molecule has 1 rings (SSSR count). The third kappa shape index (κ3) is 2.54. The Hall–Kier alpha value is -1.64. The van der Waals surface area contributed by atoms with Crippen LogP contribution in [0.5, 0.6) is 0 Å². The molecule has 62 valence electrons. The summed E-state index contributed by atoms with van der Waals surface area (Å²) in [6, 6.07) is 7.96. The molecule has 1 aromatic rings. The van der Waals surface area contributed by atoms with Gasteiger partial charge in [0.25, 0.3) is 0 Å². The highest BCUT2D eigenvalue weighted by atomic mass is 14.9. The first-order valence-electron chi connectivity index (χ1n) is 3.67. The van der Waals surface area contributed by atoms with Gasteiger partial charge >= 0.3 is 0 Å². The van der Waals surface area contributed by atoms with E-state index in [4.69, 9.17) is 5.41 Å². The average molecular weight is 161 g/mol. The minimum Gasteiger partial charge on any atom is -0.346 e. The van der Waals surface area contributed by atoms with Crippen molar-refractivity contribution in [3.8, 4) is 0 Å². The number of anilines is 1. The lowest BCUT2D eigenvalue weighted by Crippen LogP contribution is -1.93. The second kappa shape index (κ2) is 4.28. The lowest BCUT2D eigenvalue weighted by molar-refractivity contribution is 1.47. The lowest BCUT2D eigenvalue weighted by atomic mass is 10.2. The number of hydrogen-bond donors (Lipinski definition) is 2. The van der Waals surface area contributed by atoms with Crippen molar-refractivity contribution in [3.63, 3.8) is 0 Å². The van der Waals surface area contributed by atoms with Crippen LogP contribution < -0.4 is 5.32 Å². The zero-order valence-corrected chi connectivity index (χ0v) is 6.91. The summed E-state index contributed by atoms with van der Waals surface area (Å²) in [7, 11) is 0. The third-order valence-electron chi connectivity index (χ3n) is 1.43. The summed E-state index contributed by atoms with van der Waals surface area (Å²) in [6.07, 6.45) is 2.47. The zero-order valence-electron chi connectivity index (χ0n) is 6.91. The topological polar surface area (TPSA) is 48.2 Å². The van der Waals surface area contributed by atoms with Crippen molar-refractivity contribution >= 4 is 18.4 Å². The van der Waals surface area contributed by atoms with Crippen molar-refractivity contribution in [3.05, 3.63) is 29.8 Å². The van der Waals surface area contributed by atoms with Gasteiger partial charge in [-0.05, 0) is 19.1 Å². The number of aryl methyl sites for hydroxylation is 1. The molecule has 0 aliphatic rings. The minimum atomic E-state index is 0.978. The molecule has 0 radical (unpaired) electrons. The molecule has 0 aliphatic carbocycles. The molecule has 0 unspecified atom stereocenters. The Morgan fingerprint density at radius 3 is 2.58 bits per heavy atom. The van der Waals surface area contributed by atoms with Gasteiger partial charge in [0, 0.05) is 5.69 Å². The first-order valence-corrected chi connectivity index (χ1v) is 3.67. The monoisotopic (exact) mass is 161 g/mol. The second-order valence-corrected chi connectivity index (χ2v) is 2.42. The van der Waals surface area contributed by atoms with E-state index in [1.807, 2.05) is 31.2 Å². The molecule has 0 saturated carbocycles. The normalized spacial score (nSPS) is 10.1. The Balaban J connectivity index is 2.58. The maximum absolute atomic E-state index is 6.64. The van der Waals surface area contributed by atoms with Crippen LogP contribution in [0.1, 0.15) is 5.56 Å². The molecule has 0 aromatic heterocycles. The summed E-state index contributed by atoms with van der Waals surface area (Å²) in [6.45, 7) is 2.04. The van der Waals surface area contributed by atoms with Crippen LogP contribution in [-0.2, 0) is 0 Å². The second-order valence-electron chi connectivity index (χ2n) is 2.42. The molecule has 0 atom stereocenters. The highest BCUT2D eigenvalue weighted by molar-refractivity contribution is 5.81. The highest BCUT2D eigenvalue weighted by Gasteiger charge is 1.86. The van der Waals surface area contributed by atoms with Crippen LogP contribution in [0.2, 0.25) is 0 Å². The zero-order chi connectivity index (χ0) is 8.81. The summed E-state index contributed by atoms with van der Waals surface area (Å²) in [5.74, 6) is 0. The molecular weight excluding hydrogens is 150 g/mol. The number of rotatable bonds is 3. The standard InChI is InChI=1S/C9H11N3/c1-8-2-4-9(5-3-8)12-7-11-6-10/h2-7H,1H3,(H2,10,11,12). The lowest BCUT2D eigenvalue weighted by Gasteiger charge is -1.98. The quantitative estimate of drug-likeness (QED) is 0.517. The minimum absolute atomic E-state index is 0.978. The first kappa shape index (κ1) is 8.46. The van der Waals surface area contributed by atoms with E-state index >= 15 is 0 Å². The molecule has 2 N–H and O–H groups in total. The van der Waals surface area contributed by atoms with Crippen LogP contribution in [0.4, 0.5) is 5.69 Å². The molecule has 3 heteroatoms. The molecule has 0 amide bonds. The summed E-state index contributed by atoms with van der Waals surface area (Å²) in [4.78, 5) is 3.60. The van der Waals surface area contributed by atoms with Crippen molar-refractivity contribution in [2.24, 2.45) is 4.99 Å². The van der Waals surface area contributed by atoms with Gasteiger partial charge in [0.1, 0.15) is 6.34 Å². The fraction of sp³-hybridized carbons (Fsp3) is 0.111. The number of nitrogens with one attached hydrogen (secondary N) is 2. The van der Waals surface area contributed by atoms with Crippen LogP contribution in [0.3, 0.4) is 0 Å². The van der Waals surface area contributed by atoms with Gasteiger partial charge in [-0.2, -0.15) is 0 Å². The van der Waals surface area contributed by atoms with E-state index in [1.165, 1.54) is 11.9 Å². The van der Waals surface area contributed by atoms with Crippen molar-refractivity contribution in [1.82, 2.24) is 0 Å². The maximum Gasteiger partial charge on any atom is 0.108 e. The van der Waals surface area contributed by atoms with E-state index in [1.54, 1.807) is 0 Å². The van der Waals surface area contributed by atoms with E-state index in [0.29, 0.717) is 0 Å². The van der Waals surface area contributed by atoms with Crippen molar-refractivity contribution in [2.75, 3.05) is 5.32 Å². The summed E-state index contributed by atoms with van der Waals surface area (Å²) in [5.41, 5.74) is 2.20. The molecule has 0 fully saturated rings. The molecular formula is C9H11N3. The number of aliphatic imine (C=N–C) groups is 1. The van der Waals surface area contributed by atoms with Gasteiger partial charge in [-0.15, -0.1) is 0 Å². The first-order chi connectivity index (χ1) is 5.83. The van der Waals surface area contributed by atoms with E-state index in [9.17, 15) is 0 Å². The van der Waals surface area contributed by atoms with Crippen molar-refractivity contribution < 1.29 is 0 Å². The average Bonchev–Trinajstić information content (AvgIpc) is 2.09. The predicted octanol–water partition coefficient (Wildman–Crippen LogP) is 2.04. The Bertz CT molecular complexity index is 274. The van der Waals surface area contributed by atoms with Crippen LogP contribution in [0.25, 0.3) is 0 Å². The SMILES string of the molecule is Cc1ccc(N/C=N\C=N)cc1. The largest absolute Gasteiger partial charge is 0.346 e.